The molecule has 6 nitrogen and oxygen atoms in total. The lowest BCUT2D eigenvalue weighted by Crippen LogP contribution is -2.49. The number of piperidine rings is 2. The molecule has 3 rings (SSSR count). The molecule has 0 aliphatic carbocycles. The second kappa shape index (κ2) is 9.57. The van der Waals surface area contributed by atoms with Crippen molar-refractivity contribution in [2.75, 3.05) is 19.6 Å². The van der Waals surface area contributed by atoms with Crippen molar-refractivity contribution < 1.29 is 13.2 Å². The molecule has 158 valence electrons. The van der Waals surface area contributed by atoms with Gasteiger partial charge in [0.2, 0.25) is 15.9 Å². The van der Waals surface area contributed by atoms with Gasteiger partial charge in [0, 0.05) is 31.1 Å². The molecule has 28 heavy (non-hydrogen) atoms. The molecule has 2 heterocycles. The minimum atomic E-state index is -3.49. The first-order chi connectivity index (χ1) is 12.8. The van der Waals surface area contributed by atoms with Crippen LogP contribution in [0.25, 0.3) is 0 Å². The van der Waals surface area contributed by atoms with Gasteiger partial charge in [-0.3, -0.25) is 4.79 Å². The van der Waals surface area contributed by atoms with E-state index in [1.807, 2.05) is 19.9 Å². The summed E-state index contributed by atoms with van der Waals surface area (Å²) in [6.45, 7) is 7.75. The Bertz CT molecular complexity index is 792. The van der Waals surface area contributed by atoms with Crippen LogP contribution in [0.5, 0.6) is 0 Å². The number of carbonyl (C=O) groups excluding carboxylic acids is 1. The van der Waals surface area contributed by atoms with E-state index in [4.69, 9.17) is 0 Å². The third-order valence-electron chi connectivity index (χ3n) is 5.91. The summed E-state index contributed by atoms with van der Waals surface area (Å²) in [7, 11) is -3.49. The predicted molar refractivity (Wildman–Crippen MR) is 113 cm³/mol. The fraction of sp³-hybridized carbons (Fsp3) is 0.650. The van der Waals surface area contributed by atoms with Gasteiger partial charge in [0.25, 0.3) is 0 Å². The number of halogens is 1. The van der Waals surface area contributed by atoms with Crippen molar-refractivity contribution in [3.05, 3.63) is 29.3 Å². The summed E-state index contributed by atoms with van der Waals surface area (Å²) in [5.41, 5.74) is 2.05. The molecule has 1 amide bonds. The monoisotopic (exact) mass is 429 g/mol. The highest BCUT2D eigenvalue weighted by molar-refractivity contribution is 7.89. The van der Waals surface area contributed by atoms with E-state index in [1.165, 1.54) is 4.31 Å². The lowest BCUT2D eigenvalue weighted by atomic mass is 9.95. The van der Waals surface area contributed by atoms with Crippen LogP contribution in [0.2, 0.25) is 0 Å². The summed E-state index contributed by atoms with van der Waals surface area (Å²) in [5.74, 6) is -0.0151. The predicted octanol–water partition coefficient (Wildman–Crippen LogP) is 2.38. The molecule has 2 N–H and O–H groups in total. The van der Waals surface area contributed by atoms with Crippen molar-refractivity contribution >= 4 is 28.3 Å². The Morgan fingerprint density at radius 2 is 1.82 bits per heavy atom. The molecule has 1 aromatic carbocycles. The zero-order chi connectivity index (χ0) is 19.6. The Balaban J connectivity index is 0.00000280. The Morgan fingerprint density at radius 1 is 1.14 bits per heavy atom. The maximum Gasteiger partial charge on any atom is 0.243 e. The van der Waals surface area contributed by atoms with E-state index in [1.54, 1.807) is 12.1 Å². The highest BCUT2D eigenvalue weighted by Crippen LogP contribution is 2.25. The Morgan fingerprint density at radius 3 is 2.43 bits per heavy atom. The quantitative estimate of drug-likeness (QED) is 0.770. The van der Waals surface area contributed by atoms with Crippen LogP contribution < -0.4 is 10.6 Å². The molecule has 0 bridgehead atoms. The number of nitrogens with one attached hydrogen (secondary N) is 2. The molecule has 2 saturated heterocycles. The molecular weight excluding hydrogens is 398 g/mol. The third kappa shape index (κ3) is 5.26. The van der Waals surface area contributed by atoms with Crippen LogP contribution in [-0.4, -0.2) is 50.3 Å². The first-order valence-corrected chi connectivity index (χ1v) is 11.3. The van der Waals surface area contributed by atoms with Crippen LogP contribution in [-0.2, 0) is 14.8 Å². The van der Waals surface area contributed by atoms with Crippen LogP contribution in [0, 0.1) is 19.8 Å². The van der Waals surface area contributed by atoms with Gasteiger partial charge in [-0.1, -0.05) is 6.07 Å². The molecule has 8 heteroatoms. The van der Waals surface area contributed by atoms with Crippen molar-refractivity contribution in [2.45, 2.75) is 63.4 Å². The van der Waals surface area contributed by atoms with Gasteiger partial charge in [-0.15, -0.1) is 12.4 Å². The Hall–Kier alpha value is -1.15. The van der Waals surface area contributed by atoms with Gasteiger partial charge >= 0.3 is 0 Å². The first-order valence-electron chi connectivity index (χ1n) is 9.88. The van der Waals surface area contributed by atoms with E-state index in [0.717, 1.165) is 30.5 Å². The standard InChI is InChI=1S/C20H31N3O3S.ClH/c1-14-4-5-19(12-15(14)2)27(25,26)23-10-7-17(8-11-23)20(24)22-18-6-9-21-16(3)13-18;/h4-5,12,16-18,21H,6-11,13H2,1-3H3,(H,22,24);1H. The summed E-state index contributed by atoms with van der Waals surface area (Å²) in [6.07, 6.45) is 3.06. The lowest BCUT2D eigenvalue weighted by Gasteiger charge is -2.33. The number of sulfonamides is 1. The molecule has 0 aromatic heterocycles. The maximum absolute atomic E-state index is 12.9. The maximum atomic E-state index is 12.9. The first kappa shape index (κ1) is 23.1. The smallest absolute Gasteiger partial charge is 0.243 e. The minimum Gasteiger partial charge on any atom is -0.353 e. The van der Waals surface area contributed by atoms with Crippen LogP contribution in [0.4, 0.5) is 0 Å². The van der Waals surface area contributed by atoms with Crippen molar-refractivity contribution in [2.24, 2.45) is 5.92 Å². The van der Waals surface area contributed by atoms with Gasteiger partial charge < -0.3 is 10.6 Å². The molecular formula is C20H32ClN3O3S. The summed E-state index contributed by atoms with van der Waals surface area (Å²) in [4.78, 5) is 12.9. The summed E-state index contributed by atoms with van der Waals surface area (Å²) >= 11 is 0. The second-order valence-electron chi connectivity index (χ2n) is 8.01. The topological polar surface area (TPSA) is 78.5 Å². The zero-order valence-corrected chi connectivity index (χ0v) is 18.5. The van der Waals surface area contributed by atoms with E-state index < -0.39 is 10.0 Å². The molecule has 0 radical (unpaired) electrons. The summed E-state index contributed by atoms with van der Waals surface area (Å²) < 4.78 is 27.3. The van der Waals surface area contributed by atoms with Gasteiger partial charge in [0.05, 0.1) is 4.90 Å². The van der Waals surface area contributed by atoms with Crippen molar-refractivity contribution in [1.82, 2.24) is 14.9 Å². The zero-order valence-electron chi connectivity index (χ0n) is 16.9. The number of aryl methyl sites for hydroxylation is 2. The van der Waals surface area contributed by atoms with Gasteiger partial charge in [-0.2, -0.15) is 4.31 Å². The Labute approximate surface area is 174 Å². The summed E-state index contributed by atoms with van der Waals surface area (Å²) in [5, 5.41) is 6.56. The molecule has 2 atom stereocenters. The molecule has 2 fully saturated rings. The fourth-order valence-corrected chi connectivity index (χ4v) is 5.52. The number of amides is 1. The van der Waals surface area contributed by atoms with E-state index >= 15 is 0 Å². The highest BCUT2D eigenvalue weighted by atomic mass is 35.5. The number of benzene rings is 1. The third-order valence-corrected chi connectivity index (χ3v) is 7.81. The van der Waals surface area contributed by atoms with Crippen LogP contribution in [0.1, 0.15) is 43.7 Å². The number of carbonyl (C=O) groups is 1. The van der Waals surface area contributed by atoms with Crippen molar-refractivity contribution in [3.8, 4) is 0 Å². The molecule has 2 unspecified atom stereocenters. The number of rotatable bonds is 4. The average Bonchev–Trinajstić information content (AvgIpc) is 2.64. The number of hydrogen-bond donors (Lipinski definition) is 2. The average molecular weight is 430 g/mol. The molecule has 1 aromatic rings. The van der Waals surface area contributed by atoms with Crippen LogP contribution >= 0.6 is 12.4 Å². The van der Waals surface area contributed by atoms with Crippen molar-refractivity contribution in [3.63, 3.8) is 0 Å². The van der Waals surface area contributed by atoms with Gasteiger partial charge in [0.15, 0.2) is 0 Å². The summed E-state index contributed by atoms with van der Waals surface area (Å²) in [6, 6.07) is 5.92. The largest absolute Gasteiger partial charge is 0.353 e. The van der Waals surface area contributed by atoms with E-state index in [-0.39, 0.29) is 30.3 Å². The van der Waals surface area contributed by atoms with E-state index in [9.17, 15) is 13.2 Å². The molecule has 0 saturated carbocycles. The lowest BCUT2D eigenvalue weighted by molar-refractivity contribution is -0.127. The van der Waals surface area contributed by atoms with Crippen molar-refractivity contribution in [1.29, 1.82) is 0 Å². The van der Waals surface area contributed by atoms with Crippen LogP contribution in [0.3, 0.4) is 0 Å². The molecule has 0 spiro atoms. The van der Waals surface area contributed by atoms with E-state index in [0.29, 0.717) is 36.9 Å². The highest BCUT2D eigenvalue weighted by Gasteiger charge is 2.33. The van der Waals surface area contributed by atoms with E-state index in [2.05, 4.69) is 17.6 Å². The number of hydrogen-bond acceptors (Lipinski definition) is 4. The number of nitrogens with zero attached hydrogens (tertiary/aromatic N) is 1. The normalized spacial score (nSPS) is 24.4. The van der Waals surface area contributed by atoms with Gasteiger partial charge in [-0.05, 0) is 76.3 Å². The second-order valence-corrected chi connectivity index (χ2v) is 9.95. The fourth-order valence-electron chi connectivity index (χ4n) is 3.96. The van der Waals surface area contributed by atoms with Gasteiger partial charge in [-0.25, -0.2) is 8.42 Å². The van der Waals surface area contributed by atoms with Crippen LogP contribution in [0.15, 0.2) is 23.1 Å². The van der Waals surface area contributed by atoms with Gasteiger partial charge in [0.1, 0.15) is 0 Å². The Kier molecular flexibility index (Phi) is 7.90. The minimum absolute atomic E-state index is 0. The SMILES string of the molecule is Cc1ccc(S(=O)(=O)N2CCC(C(=O)NC3CCNC(C)C3)CC2)cc1C.Cl. The molecule has 2 aliphatic rings. The molecule has 2 aliphatic heterocycles.